The molecule has 1 N–H and O–H groups in total. The molecule has 2 aromatic rings. The zero-order chi connectivity index (χ0) is 17.7. The predicted octanol–water partition coefficient (Wildman–Crippen LogP) is 4.95. The van der Waals surface area contributed by atoms with Gasteiger partial charge in [0.1, 0.15) is 5.75 Å². The highest BCUT2D eigenvalue weighted by atomic mass is 16.5. The van der Waals surface area contributed by atoms with Crippen molar-refractivity contribution in [1.82, 2.24) is 0 Å². The molecule has 3 nitrogen and oxygen atoms in total. The summed E-state index contributed by atoms with van der Waals surface area (Å²) in [4.78, 5) is 12.2. The molecule has 0 unspecified atom stereocenters. The predicted molar refractivity (Wildman–Crippen MR) is 101 cm³/mol. The van der Waals surface area contributed by atoms with Crippen LogP contribution in [-0.2, 0) is 10.2 Å². The highest BCUT2D eigenvalue weighted by Gasteiger charge is 2.16. The summed E-state index contributed by atoms with van der Waals surface area (Å²) in [6.07, 6.45) is 3.34. The minimum atomic E-state index is -0.181. The maximum absolute atomic E-state index is 12.2. The van der Waals surface area contributed by atoms with E-state index in [4.69, 9.17) is 4.74 Å². The Bertz CT molecular complexity index is 737. The molecule has 0 atom stereocenters. The zero-order valence-electron chi connectivity index (χ0n) is 15.0. The lowest BCUT2D eigenvalue weighted by atomic mass is 9.87. The minimum Gasteiger partial charge on any atom is -0.495 e. The molecule has 0 heterocycles. The van der Waals surface area contributed by atoms with Crippen LogP contribution in [0.3, 0.4) is 0 Å². The van der Waals surface area contributed by atoms with Crippen molar-refractivity contribution in [3.05, 3.63) is 65.2 Å². The van der Waals surface area contributed by atoms with E-state index in [1.54, 1.807) is 13.2 Å². The van der Waals surface area contributed by atoms with Gasteiger partial charge in [-0.25, -0.2) is 0 Å². The topological polar surface area (TPSA) is 38.3 Å². The van der Waals surface area contributed by atoms with Crippen LogP contribution in [-0.4, -0.2) is 13.0 Å². The molecule has 0 aliphatic heterocycles. The maximum atomic E-state index is 12.2. The lowest BCUT2D eigenvalue weighted by Gasteiger charge is -2.21. The summed E-state index contributed by atoms with van der Waals surface area (Å²) in [6.45, 7) is 8.45. The summed E-state index contributed by atoms with van der Waals surface area (Å²) in [6, 6.07) is 13.9. The lowest BCUT2D eigenvalue weighted by Crippen LogP contribution is -2.14. The molecule has 0 radical (unpaired) electrons. The van der Waals surface area contributed by atoms with E-state index in [0.29, 0.717) is 11.4 Å². The molecule has 2 aromatic carbocycles. The van der Waals surface area contributed by atoms with E-state index in [1.807, 2.05) is 49.4 Å². The monoisotopic (exact) mass is 323 g/mol. The first-order valence-corrected chi connectivity index (χ1v) is 8.04. The normalized spacial score (nSPS) is 11.5. The summed E-state index contributed by atoms with van der Waals surface area (Å²) >= 11 is 0. The largest absolute Gasteiger partial charge is 0.495 e. The molecule has 3 heteroatoms. The van der Waals surface area contributed by atoms with E-state index in [-0.39, 0.29) is 11.3 Å². The van der Waals surface area contributed by atoms with Crippen LogP contribution in [0, 0.1) is 6.92 Å². The van der Waals surface area contributed by atoms with E-state index in [0.717, 1.165) is 11.1 Å². The molecular formula is C21H25NO2. The number of carbonyl (C=O) groups excluding carboxylic acids is 1. The van der Waals surface area contributed by atoms with Crippen molar-refractivity contribution in [3.63, 3.8) is 0 Å². The summed E-state index contributed by atoms with van der Waals surface area (Å²) < 4.78 is 5.35. The number of amides is 1. The number of hydrogen-bond donors (Lipinski definition) is 1. The molecular weight excluding hydrogens is 298 g/mol. The fourth-order valence-corrected chi connectivity index (χ4v) is 2.30. The van der Waals surface area contributed by atoms with Gasteiger partial charge in [-0.2, -0.15) is 0 Å². The molecule has 0 aromatic heterocycles. The zero-order valence-corrected chi connectivity index (χ0v) is 15.0. The Morgan fingerprint density at radius 2 is 1.75 bits per heavy atom. The van der Waals surface area contributed by atoms with Gasteiger partial charge in [0, 0.05) is 6.08 Å². The van der Waals surface area contributed by atoms with E-state index in [9.17, 15) is 4.79 Å². The smallest absolute Gasteiger partial charge is 0.248 e. The van der Waals surface area contributed by atoms with Gasteiger partial charge >= 0.3 is 0 Å². The van der Waals surface area contributed by atoms with Crippen LogP contribution >= 0.6 is 0 Å². The second-order valence-corrected chi connectivity index (χ2v) is 6.90. The van der Waals surface area contributed by atoms with Crippen LogP contribution in [0.25, 0.3) is 6.08 Å². The molecule has 0 bridgehead atoms. The fourth-order valence-electron chi connectivity index (χ4n) is 2.30. The Hall–Kier alpha value is -2.55. The van der Waals surface area contributed by atoms with Crippen LogP contribution in [0.2, 0.25) is 0 Å². The van der Waals surface area contributed by atoms with Gasteiger partial charge in [0.05, 0.1) is 12.8 Å². The SMILES string of the molecule is COc1ccc(C(C)(C)C)cc1NC(=O)/C=C/c1ccc(C)cc1. The third-order valence-corrected chi connectivity index (χ3v) is 3.83. The first kappa shape index (κ1) is 17.8. The van der Waals surface area contributed by atoms with Crippen molar-refractivity contribution in [2.45, 2.75) is 33.1 Å². The molecule has 0 fully saturated rings. The van der Waals surface area contributed by atoms with E-state index in [1.165, 1.54) is 11.6 Å². The Morgan fingerprint density at radius 1 is 1.08 bits per heavy atom. The van der Waals surface area contributed by atoms with Crippen LogP contribution in [0.15, 0.2) is 48.5 Å². The third-order valence-electron chi connectivity index (χ3n) is 3.83. The summed E-state index contributed by atoms with van der Waals surface area (Å²) in [5, 5.41) is 2.90. The number of methoxy groups -OCH3 is 1. The van der Waals surface area contributed by atoms with Gasteiger partial charge in [-0.1, -0.05) is 56.7 Å². The van der Waals surface area contributed by atoms with Crippen molar-refractivity contribution >= 4 is 17.7 Å². The van der Waals surface area contributed by atoms with Gasteiger partial charge < -0.3 is 10.1 Å². The highest BCUT2D eigenvalue weighted by Crippen LogP contribution is 2.31. The quantitative estimate of drug-likeness (QED) is 0.808. The Morgan fingerprint density at radius 3 is 2.33 bits per heavy atom. The molecule has 0 aliphatic carbocycles. The van der Waals surface area contributed by atoms with E-state index >= 15 is 0 Å². The fraction of sp³-hybridized carbons (Fsp3) is 0.286. The highest BCUT2D eigenvalue weighted by molar-refractivity contribution is 6.02. The summed E-state index contributed by atoms with van der Waals surface area (Å²) in [5.74, 6) is 0.472. The maximum Gasteiger partial charge on any atom is 0.248 e. The first-order chi connectivity index (χ1) is 11.3. The number of hydrogen-bond acceptors (Lipinski definition) is 2. The summed E-state index contributed by atoms with van der Waals surface area (Å²) in [7, 11) is 1.60. The Balaban J connectivity index is 2.17. The molecule has 0 spiro atoms. The van der Waals surface area contributed by atoms with Crippen molar-refractivity contribution in [1.29, 1.82) is 0 Å². The van der Waals surface area contributed by atoms with Crippen molar-refractivity contribution in [2.24, 2.45) is 0 Å². The average molecular weight is 323 g/mol. The van der Waals surface area contributed by atoms with Gasteiger partial charge in [0.25, 0.3) is 0 Å². The lowest BCUT2D eigenvalue weighted by molar-refractivity contribution is -0.111. The number of ether oxygens (including phenoxy) is 1. The number of carbonyl (C=O) groups is 1. The molecule has 0 saturated carbocycles. The second kappa shape index (κ2) is 7.35. The average Bonchev–Trinajstić information content (AvgIpc) is 2.53. The van der Waals surface area contributed by atoms with Gasteiger partial charge in [0.2, 0.25) is 5.91 Å². The number of aryl methyl sites for hydroxylation is 1. The van der Waals surface area contributed by atoms with E-state index < -0.39 is 0 Å². The van der Waals surface area contributed by atoms with Crippen LogP contribution in [0.1, 0.15) is 37.5 Å². The van der Waals surface area contributed by atoms with Crippen LogP contribution in [0.4, 0.5) is 5.69 Å². The molecule has 0 aliphatic rings. The van der Waals surface area contributed by atoms with Gasteiger partial charge in [-0.15, -0.1) is 0 Å². The number of rotatable bonds is 4. The number of benzene rings is 2. The van der Waals surface area contributed by atoms with Gasteiger partial charge in [-0.05, 0) is 41.7 Å². The minimum absolute atomic E-state index is 0.00346. The Kier molecular flexibility index (Phi) is 5.45. The molecule has 126 valence electrons. The number of anilines is 1. The van der Waals surface area contributed by atoms with Crippen LogP contribution < -0.4 is 10.1 Å². The van der Waals surface area contributed by atoms with Crippen LogP contribution in [0.5, 0.6) is 5.75 Å². The standard InChI is InChI=1S/C21H25NO2/c1-15-6-8-16(9-7-15)10-13-20(23)22-18-14-17(21(2,3)4)11-12-19(18)24-5/h6-14H,1-5H3,(H,22,23)/b13-10+. The third kappa shape index (κ3) is 4.72. The first-order valence-electron chi connectivity index (χ1n) is 8.04. The summed E-state index contributed by atoms with van der Waals surface area (Å²) in [5.41, 5.74) is 4.01. The van der Waals surface area contributed by atoms with E-state index in [2.05, 4.69) is 26.1 Å². The second-order valence-electron chi connectivity index (χ2n) is 6.90. The molecule has 2 rings (SSSR count). The van der Waals surface area contributed by atoms with Crippen molar-refractivity contribution in [2.75, 3.05) is 12.4 Å². The molecule has 24 heavy (non-hydrogen) atoms. The molecule has 0 saturated heterocycles. The molecule has 1 amide bonds. The van der Waals surface area contributed by atoms with Crippen molar-refractivity contribution < 1.29 is 9.53 Å². The van der Waals surface area contributed by atoms with Gasteiger partial charge in [-0.3, -0.25) is 4.79 Å². The Labute approximate surface area is 144 Å². The number of nitrogens with one attached hydrogen (secondary N) is 1. The van der Waals surface area contributed by atoms with Crippen molar-refractivity contribution in [3.8, 4) is 5.75 Å². The van der Waals surface area contributed by atoms with Gasteiger partial charge in [0.15, 0.2) is 0 Å².